The second-order valence-corrected chi connectivity index (χ2v) is 7.25. The van der Waals surface area contributed by atoms with Crippen LogP contribution in [-0.2, 0) is 9.53 Å². The van der Waals surface area contributed by atoms with Crippen molar-refractivity contribution in [2.24, 2.45) is 0 Å². The lowest BCUT2D eigenvalue weighted by Gasteiger charge is -2.36. The van der Waals surface area contributed by atoms with Crippen LogP contribution in [0.5, 0.6) is 0 Å². The Hall–Kier alpha value is -1.63. The molecule has 1 amide bonds. The van der Waals surface area contributed by atoms with Crippen molar-refractivity contribution < 1.29 is 9.53 Å². The van der Waals surface area contributed by atoms with Crippen molar-refractivity contribution in [3.05, 3.63) is 29.8 Å². The number of hydrogen-bond acceptors (Lipinski definition) is 5. The Labute approximate surface area is 156 Å². The van der Waals surface area contributed by atoms with Crippen LogP contribution in [0.2, 0.25) is 0 Å². The molecule has 1 unspecified atom stereocenters. The topological polar surface area (TPSA) is 56.8 Å². The Morgan fingerprint density at radius 2 is 2.12 bits per heavy atom. The lowest BCUT2D eigenvalue weighted by Crippen LogP contribution is -2.51. The van der Waals surface area contributed by atoms with E-state index in [2.05, 4.69) is 51.6 Å². The number of unbranched alkanes of at least 4 members (excludes halogenated alkanes) is 1. The van der Waals surface area contributed by atoms with Gasteiger partial charge in [-0.15, -0.1) is 0 Å². The Morgan fingerprint density at radius 1 is 1.27 bits per heavy atom. The van der Waals surface area contributed by atoms with Crippen molar-refractivity contribution in [3.63, 3.8) is 0 Å². The van der Waals surface area contributed by atoms with Gasteiger partial charge in [0.2, 0.25) is 5.91 Å². The summed E-state index contributed by atoms with van der Waals surface area (Å²) in [5.41, 5.74) is 2.66. The molecule has 0 bridgehead atoms. The second kappa shape index (κ2) is 9.90. The number of carbonyl (C=O) groups excluding carboxylic acids is 1. The minimum Gasteiger partial charge on any atom is -0.378 e. The van der Waals surface area contributed by atoms with Crippen molar-refractivity contribution in [2.75, 3.05) is 63.9 Å². The lowest BCUT2D eigenvalue weighted by atomic mass is 10.2. The van der Waals surface area contributed by atoms with Crippen LogP contribution in [0.15, 0.2) is 24.3 Å². The summed E-state index contributed by atoms with van der Waals surface area (Å²) >= 11 is 0. The van der Waals surface area contributed by atoms with E-state index in [1.54, 1.807) is 0 Å². The van der Waals surface area contributed by atoms with Gasteiger partial charge in [-0.25, -0.2) is 0 Å². The maximum Gasteiger partial charge on any atom is 0.239 e. The molecule has 0 spiro atoms. The van der Waals surface area contributed by atoms with Gasteiger partial charge in [0.05, 0.1) is 13.2 Å². The molecule has 2 saturated heterocycles. The maximum absolute atomic E-state index is 12.0. The Morgan fingerprint density at radius 3 is 2.85 bits per heavy atom. The molecule has 3 rings (SSSR count). The Bertz CT molecular complexity index is 567. The summed E-state index contributed by atoms with van der Waals surface area (Å²) in [4.78, 5) is 17.0. The highest BCUT2D eigenvalue weighted by Gasteiger charge is 2.20. The standard InChI is InChI=1S/C20H32N4O2/c1-17-5-4-6-18(15-17)24-12-10-23(11-13-24)9-3-2-7-22-20(25)19-16-26-14-8-21-19/h4-6,15,19,21H,2-3,7-14,16H2,1H3,(H,22,25). The van der Waals surface area contributed by atoms with E-state index in [-0.39, 0.29) is 11.9 Å². The van der Waals surface area contributed by atoms with E-state index in [0.29, 0.717) is 13.2 Å². The molecule has 0 aliphatic carbocycles. The van der Waals surface area contributed by atoms with Gasteiger partial charge in [-0.05, 0) is 44.0 Å². The van der Waals surface area contributed by atoms with Gasteiger partial charge in [0.15, 0.2) is 0 Å². The van der Waals surface area contributed by atoms with Crippen molar-refractivity contribution in [1.29, 1.82) is 0 Å². The van der Waals surface area contributed by atoms with Gasteiger partial charge < -0.3 is 20.3 Å². The average molecular weight is 361 g/mol. The van der Waals surface area contributed by atoms with Crippen molar-refractivity contribution >= 4 is 11.6 Å². The van der Waals surface area contributed by atoms with Crippen LogP contribution < -0.4 is 15.5 Å². The summed E-state index contributed by atoms with van der Waals surface area (Å²) in [6, 6.07) is 8.58. The van der Waals surface area contributed by atoms with Gasteiger partial charge in [-0.2, -0.15) is 0 Å². The third kappa shape index (κ3) is 5.69. The molecule has 144 valence electrons. The zero-order valence-electron chi connectivity index (χ0n) is 15.9. The molecule has 0 aromatic heterocycles. The number of benzene rings is 1. The second-order valence-electron chi connectivity index (χ2n) is 7.25. The third-order valence-corrected chi connectivity index (χ3v) is 5.18. The van der Waals surface area contributed by atoms with Crippen LogP contribution in [0.3, 0.4) is 0 Å². The van der Waals surface area contributed by atoms with E-state index < -0.39 is 0 Å². The average Bonchev–Trinajstić information content (AvgIpc) is 2.69. The van der Waals surface area contributed by atoms with E-state index in [1.165, 1.54) is 11.3 Å². The third-order valence-electron chi connectivity index (χ3n) is 5.18. The molecular weight excluding hydrogens is 328 g/mol. The molecule has 6 heteroatoms. The monoisotopic (exact) mass is 360 g/mol. The van der Waals surface area contributed by atoms with Crippen LogP contribution in [0.1, 0.15) is 18.4 Å². The minimum absolute atomic E-state index is 0.0662. The number of aryl methyl sites for hydroxylation is 1. The minimum atomic E-state index is -0.182. The number of ether oxygens (including phenoxy) is 1. The summed E-state index contributed by atoms with van der Waals surface area (Å²) in [7, 11) is 0. The van der Waals surface area contributed by atoms with Gasteiger partial charge in [-0.1, -0.05) is 12.1 Å². The van der Waals surface area contributed by atoms with Crippen LogP contribution in [0, 0.1) is 6.92 Å². The molecule has 0 saturated carbocycles. The number of amides is 1. The first kappa shape index (κ1) is 19.1. The highest BCUT2D eigenvalue weighted by Crippen LogP contribution is 2.17. The maximum atomic E-state index is 12.0. The zero-order chi connectivity index (χ0) is 18.2. The summed E-state index contributed by atoms with van der Waals surface area (Å²) in [5.74, 6) is 0.0662. The number of rotatable bonds is 7. The normalized spacial score (nSPS) is 21.6. The summed E-state index contributed by atoms with van der Waals surface area (Å²) in [6.07, 6.45) is 2.15. The van der Waals surface area contributed by atoms with E-state index in [0.717, 1.165) is 58.7 Å². The number of anilines is 1. The van der Waals surface area contributed by atoms with Gasteiger partial charge in [-0.3, -0.25) is 9.69 Å². The zero-order valence-corrected chi connectivity index (χ0v) is 15.9. The largest absolute Gasteiger partial charge is 0.378 e. The Kier molecular flexibility index (Phi) is 7.29. The van der Waals surface area contributed by atoms with Crippen LogP contribution in [-0.4, -0.2) is 75.9 Å². The highest BCUT2D eigenvalue weighted by atomic mass is 16.5. The van der Waals surface area contributed by atoms with Gasteiger partial charge in [0, 0.05) is 45.0 Å². The van der Waals surface area contributed by atoms with Crippen LogP contribution in [0.4, 0.5) is 5.69 Å². The number of nitrogens with one attached hydrogen (secondary N) is 2. The first-order valence-electron chi connectivity index (χ1n) is 9.85. The predicted octanol–water partition coefficient (Wildman–Crippen LogP) is 1.00. The highest BCUT2D eigenvalue weighted by molar-refractivity contribution is 5.81. The molecule has 2 heterocycles. The molecule has 2 N–H and O–H groups in total. The van der Waals surface area contributed by atoms with Crippen molar-refractivity contribution in [3.8, 4) is 0 Å². The molecule has 0 radical (unpaired) electrons. The van der Waals surface area contributed by atoms with Crippen LogP contribution in [0.25, 0.3) is 0 Å². The first-order valence-corrected chi connectivity index (χ1v) is 9.85. The molecule has 2 fully saturated rings. The van der Waals surface area contributed by atoms with Gasteiger partial charge in [0.25, 0.3) is 0 Å². The SMILES string of the molecule is Cc1cccc(N2CCN(CCCCNC(=O)C3COCCN3)CC2)c1. The quantitative estimate of drug-likeness (QED) is 0.711. The molecule has 26 heavy (non-hydrogen) atoms. The number of piperazine rings is 1. The van der Waals surface area contributed by atoms with E-state index in [4.69, 9.17) is 4.74 Å². The molecular formula is C20H32N4O2. The molecule has 2 aliphatic rings. The van der Waals surface area contributed by atoms with E-state index in [1.807, 2.05) is 0 Å². The molecule has 1 atom stereocenters. The van der Waals surface area contributed by atoms with Crippen molar-refractivity contribution in [2.45, 2.75) is 25.8 Å². The molecule has 6 nitrogen and oxygen atoms in total. The molecule has 1 aromatic carbocycles. The summed E-state index contributed by atoms with van der Waals surface area (Å²) < 4.78 is 5.32. The predicted molar refractivity (Wildman–Crippen MR) is 105 cm³/mol. The summed E-state index contributed by atoms with van der Waals surface area (Å²) in [6.45, 7) is 10.4. The number of morpholine rings is 1. The number of carbonyl (C=O) groups is 1. The van der Waals surface area contributed by atoms with Gasteiger partial charge in [0.1, 0.15) is 6.04 Å². The van der Waals surface area contributed by atoms with E-state index >= 15 is 0 Å². The Balaban J connectivity index is 1.26. The molecule has 1 aromatic rings. The molecule has 2 aliphatic heterocycles. The lowest BCUT2D eigenvalue weighted by molar-refractivity contribution is -0.125. The van der Waals surface area contributed by atoms with Crippen LogP contribution >= 0.6 is 0 Å². The fraction of sp³-hybridized carbons (Fsp3) is 0.650. The smallest absolute Gasteiger partial charge is 0.239 e. The fourth-order valence-electron chi connectivity index (χ4n) is 3.58. The van der Waals surface area contributed by atoms with Gasteiger partial charge >= 0.3 is 0 Å². The fourth-order valence-corrected chi connectivity index (χ4v) is 3.58. The number of nitrogens with zero attached hydrogens (tertiary/aromatic N) is 2. The van der Waals surface area contributed by atoms with E-state index in [9.17, 15) is 4.79 Å². The first-order chi connectivity index (χ1) is 12.7. The number of hydrogen-bond donors (Lipinski definition) is 2. The summed E-state index contributed by atoms with van der Waals surface area (Å²) in [5, 5.41) is 6.20. The van der Waals surface area contributed by atoms with Crippen molar-refractivity contribution in [1.82, 2.24) is 15.5 Å².